The monoisotopic (exact) mass is 301 g/mol. The predicted molar refractivity (Wildman–Crippen MR) is 72.5 cm³/mol. The lowest BCUT2D eigenvalue weighted by atomic mass is 9.78. The third-order valence-electron chi connectivity index (χ3n) is 3.60. The number of Topliss-reactive ketones (excluding diaryl/α,β-unsaturated/α-hetero) is 1. The Morgan fingerprint density at radius 2 is 2.10 bits per heavy atom. The summed E-state index contributed by atoms with van der Waals surface area (Å²) in [5.41, 5.74) is -2.29. The predicted octanol–water partition coefficient (Wildman–Crippen LogP) is 3.20. The van der Waals surface area contributed by atoms with Crippen molar-refractivity contribution in [2.24, 2.45) is 5.41 Å². The minimum atomic E-state index is -4.57. The van der Waals surface area contributed by atoms with E-state index in [1.165, 1.54) is 18.2 Å². The van der Waals surface area contributed by atoms with E-state index in [2.05, 4.69) is 5.32 Å². The van der Waals surface area contributed by atoms with Crippen molar-refractivity contribution in [1.29, 1.82) is 0 Å². The van der Waals surface area contributed by atoms with E-state index in [1.54, 1.807) is 6.07 Å². The van der Waals surface area contributed by atoms with Crippen LogP contribution in [0.15, 0.2) is 24.3 Å². The highest BCUT2D eigenvalue weighted by Gasteiger charge is 2.61. The van der Waals surface area contributed by atoms with Gasteiger partial charge in [-0.05, 0) is 38.9 Å². The standard InChI is InChI=1S/C15H18F3NO2/c1-10(2)21-12-5-3-4-11(8-12)13(20)14(15(16,17)18)6-7-19-9-14/h3-5,8,10,19H,6-7,9H2,1-2H3. The molecule has 3 nitrogen and oxygen atoms in total. The Morgan fingerprint density at radius 1 is 1.38 bits per heavy atom. The van der Waals surface area contributed by atoms with Crippen LogP contribution < -0.4 is 10.1 Å². The molecule has 1 atom stereocenters. The number of ether oxygens (including phenoxy) is 1. The first kappa shape index (κ1) is 15.8. The first-order valence-electron chi connectivity index (χ1n) is 6.85. The van der Waals surface area contributed by atoms with Gasteiger partial charge in [-0.3, -0.25) is 4.79 Å². The lowest BCUT2D eigenvalue weighted by Gasteiger charge is -2.29. The highest BCUT2D eigenvalue weighted by Crippen LogP contribution is 2.45. The molecule has 0 aromatic heterocycles. The normalized spacial score (nSPS) is 22.6. The van der Waals surface area contributed by atoms with Crippen LogP contribution in [0.25, 0.3) is 0 Å². The summed E-state index contributed by atoms with van der Waals surface area (Å²) >= 11 is 0. The van der Waals surface area contributed by atoms with Gasteiger partial charge in [0.05, 0.1) is 6.10 Å². The van der Waals surface area contributed by atoms with Gasteiger partial charge in [-0.15, -0.1) is 0 Å². The largest absolute Gasteiger partial charge is 0.491 e. The Bertz CT molecular complexity index is 520. The highest BCUT2D eigenvalue weighted by atomic mass is 19.4. The van der Waals surface area contributed by atoms with Crippen LogP contribution >= 0.6 is 0 Å². The second kappa shape index (κ2) is 5.67. The third-order valence-corrected chi connectivity index (χ3v) is 3.60. The van der Waals surface area contributed by atoms with E-state index >= 15 is 0 Å². The molecule has 1 unspecified atom stereocenters. The van der Waals surface area contributed by atoms with Gasteiger partial charge in [0.15, 0.2) is 5.78 Å². The van der Waals surface area contributed by atoms with E-state index in [0.29, 0.717) is 5.75 Å². The molecule has 1 aliphatic heterocycles. The maximum Gasteiger partial charge on any atom is 0.402 e. The van der Waals surface area contributed by atoms with Crippen molar-refractivity contribution < 1.29 is 22.7 Å². The molecule has 1 aliphatic rings. The molecule has 1 heterocycles. The Kier molecular flexibility index (Phi) is 4.27. The molecule has 21 heavy (non-hydrogen) atoms. The zero-order chi connectivity index (χ0) is 15.7. The Balaban J connectivity index is 2.34. The third kappa shape index (κ3) is 3.05. The fourth-order valence-corrected chi connectivity index (χ4v) is 2.52. The summed E-state index contributed by atoms with van der Waals surface area (Å²) in [6.07, 6.45) is -4.91. The number of alkyl halides is 3. The molecule has 0 spiro atoms. The smallest absolute Gasteiger partial charge is 0.402 e. The van der Waals surface area contributed by atoms with Crippen LogP contribution in [0.5, 0.6) is 5.75 Å². The van der Waals surface area contributed by atoms with Gasteiger partial charge in [0.25, 0.3) is 0 Å². The lowest BCUT2D eigenvalue weighted by molar-refractivity contribution is -0.197. The lowest BCUT2D eigenvalue weighted by Crippen LogP contribution is -2.46. The zero-order valence-corrected chi connectivity index (χ0v) is 12.0. The number of nitrogens with one attached hydrogen (secondary N) is 1. The summed E-state index contributed by atoms with van der Waals surface area (Å²) in [6.45, 7) is 3.44. The molecule has 0 radical (unpaired) electrons. The molecule has 0 aliphatic carbocycles. The first-order valence-corrected chi connectivity index (χ1v) is 6.85. The molecule has 0 saturated carbocycles. The maximum atomic E-state index is 13.4. The summed E-state index contributed by atoms with van der Waals surface area (Å²) in [5, 5.41) is 2.65. The van der Waals surface area contributed by atoms with Gasteiger partial charge in [0.1, 0.15) is 11.2 Å². The number of hydrogen-bond donors (Lipinski definition) is 1. The quantitative estimate of drug-likeness (QED) is 0.868. The van der Waals surface area contributed by atoms with Crippen LogP contribution in [-0.2, 0) is 0 Å². The van der Waals surface area contributed by atoms with Crippen molar-refractivity contribution in [3.05, 3.63) is 29.8 Å². The molecule has 116 valence electrons. The van der Waals surface area contributed by atoms with Gasteiger partial charge in [-0.25, -0.2) is 0 Å². The molecule has 6 heteroatoms. The van der Waals surface area contributed by atoms with Gasteiger partial charge < -0.3 is 10.1 Å². The van der Waals surface area contributed by atoms with Gasteiger partial charge in [0.2, 0.25) is 0 Å². The SMILES string of the molecule is CC(C)Oc1cccc(C(=O)C2(C(F)(F)F)CCNC2)c1. The Hall–Kier alpha value is -1.56. The Morgan fingerprint density at radius 3 is 2.62 bits per heavy atom. The van der Waals surface area contributed by atoms with Crippen molar-refractivity contribution in [3.8, 4) is 5.75 Å². The molecule has 1 aromatic carbocycles. The van der Waals surface area contributed by atoms with E-state index in [-0.39, 0.29) is 31.2 Å². The number of benzene rings is 1. The Labute approximate surface area is 121 Å². The zero-order valence-electron chi connectivity index (χ0n) is 12.0. The first-order chi connectivity index (χ1) is 9.76. The summed E-state index contributed by atoms with van der Waals surface area (Å²) in [4.78, 5) is 12.4. The van der Waals surface area contributed by atoms with E-state index in [9.17, 15) is 18.0 Å². The van der Waals surface area contributed by atoms with Crippen LogP contribution in [0.3, 0.4) is 0 Å². The summed E-state index contributed by atoms with van der Waals surface area (Å²) in [7, 11) is 0. The molecule has 1 saturated heterocycles. The molecule has 0 bridgehead atoms. The molecular formula is C15H18F3NO2. The molecular weight excluding hydrogens is 283 g/mol. The van der Waals surface area contributed by atoms with Gasteiger partial charge in [0, 0.05) is 12.1 Å². The summed E-state index contributed by atoms with van der Waals surface area (Å²) in [6, 6.07) is 5.96. The average molecular weight is 301 g/mol. The fourth-order valence-electron chi connectivity index (χ4n) is 2.52. The van der Waals surface area contributed by atoms with Crippen LogP contribution in [0.1, 0.15) is 30.6 Å². The highest BCUT2D eigenvalue weighted by molar-refractivity contribution is 6.01. The molecule has 2 rings (SSSR count). The molecule has 1 fully saturated rings. The van der Waals surface area contributed by atoms with Gasteiger partial charge in [-0.2, -0.15) is 13.2 Å². The van der Waals surface area contributed by atoms with Crippen molar-refractivity contribution in [2.45, 2.75) is 32.5 Å². The summed E-state index contributed by atoms with van der Waals surface area (Å²) < 4.78 is 45.5. The minimum absolute atomic E-state index is 0.0363. The summed E-state index contributed by atoms with van der Waals surface area (Å²) in [5.74, 6) is -0.492. The average Bonchev–Trinajstić information content (AvgIpc) is 2.87. The molecule has 0 amide bonds. The van der Waals surface area contributed by atoms with E-state index in [1.807, 2.05) is 13.8 Å². The second-order valence-corrected chi connectivity index (χ2v) is 5.53. The number of rotatable bonds is 4. The molecule has 1 aromatic rings. The number of hydrogen-bond acceptors (Lipinski definition) is 3. The minimum Gasteiger partial charge on any atom is -0.491 e. The maximum absolute atomic E-state index is 13.4. The van der Waals surface area contributed by atoms with Crippen LogP contribution in [0, 0.1) is 5.41 Å². The number of ketones is 1. The van der Waals surface area contributed by atoms with Crippen LogP contribution in [0.2, 0.25) is 0 Å². The van der Waals surface area contributed by atoms with Crippen LogP contribution in [-0.4, -0.2) is 31.2 Å². The number of carbonyl (C=O) groups is 1. The van der Waals surface area contributed by atoms with E-state index in [0.717, 1.165) is 0 Å². The topological polar surface area (TPSA) is 38.3 Å². The number of carbonyl (C=O) groups excluding carboxylic acids is 1. The van der Waals surface area contributed by atoms with Crippen molar-refractivity contribution in [2.75, 3.05) is 13.1 Å². The number of halogens is 3. The van der Waals surface area contributed by atoms with E-state index < -0.39 is 17.4 Å². The van der Waals surface area contributed by atoms with Gasteiger partial charge >= 0.3 is 6.18 Å². The van der Waals surface area contributed by atoms with E-state index in [4.69, 9.17) is 4.74 Å². The van der Waals surface area contributed by atoms with Gasteiger partial charge in [-0.1, -0.05) is 12.1 Å². The van der Waals surface area contributed by atoms with Crippen molar-refractivity contribution in [1.82, 2.24) is 5.32 Å². The molecule has 1 N–H and O–H groups in total. The van der Waals surface area contributed by atoms with Crippen LogP contribution in [0.4, 0.5) is 13.2 Å². The van der Waals surface area contributed by atoms with Crippen molar-refractivity contribution in [3.63, 3.8) is 0 Å². The fraction of sp³-hybridized carbons (Fsp3) is 0.533. The van der Waals surface area contributed by atoms with Crippen molar-refractivity contribution >= 4 is 5.78 Å². The second-order valence-electron chi connectivity index (χ2n) is 5.53.